The van der Waals surface area contributed by atoms with Crippen LogP contribution in [0.15, 0.2) is 0 Å². The smallest absolute Gasteiger partial charge is 0.236 e. The van der Waals surface area contributed by atoms with Crippen LogP contribution in [0.3, 0.4) is 0 Å². The Hall–Kier alpha value is -0.570. The van der Waals surface area contributed by atoms with Crippen molar-refractivity contribution in [3.8, 4) is 0 Å². The minimum atomic E-state index is -0.0858. The van der Waals surface area contributed by atoms with E-state index in [1.54, 1.807) is 0 Å². The number of nitrogens with one attached hydrogen (secondary N) is 2. The molecule has 1 amide bonds. The first-order valence-corrected chi connectivity index (χ1v) is 5.38. The number of rotatable bonds is 5. The van der Waals surface area contributed by atoms with Crippen molar-refractivity contribution in [2.24, 2.45) is 5.41 Å². The van der Waals surface area contributed by atoms with E-state index in [1.165, 1.54) is 0 Å². The molecule has 0 saturated heterocycles. The van der Waals surface area contributed by atoms with Gasteiger partial charge in [-0.1, -0.05) is 20.8 Å². The maximum Gasteiger partial charge on any atom is 0.236 e. The molecule has 1 unspecified atom stereocenters. The lowest BCUT2D eigenvalue weighted by Crippen LogP contribution is -2.42. The van der Waals surface area contributed by atoms with Gasteiger partial charge in [0, 0.05) is 6.54 Å². The number of carbonyl (C=O) groups is 1. The molecule has 0 fully saturated rings. The molecule has 0 aliphatic carbocycles. The summed E-state index contributed by atoms with van der Waals surface area (Å²) in [5, 5.41) is 6.00. The second kappa shape index (κ2) is 6.02. The van der Waals surface area contributed by atoms with E-state index in [2.05, 4.69) is 31.4 Å². The van der Waals surface area contributed by atoms with E-state index in [0.29, 0.717) is 12.0 Å². The number of likely N-dealkylation sites (N-methyl/N-ethyl adjacent to an activating group) is 1. The monoisotopic (exact) mass is 200 g/mol. The number of amides is 1. The van der Waals surface area contributed by atoms with Crippen LogP contribution in [-0.2, 0) is 4.79 Å². The van der Waals surface area contributed by atoms with E-state index in [9.17, 15) is 4.79 Å². The van der Waals surface area contributed by atoms with E-state index in [0.717, 1.165) is 13.0 Å². The zero-order valence-corrected chi connectivity index (χ0v) is 10.1. The number of hydrogen-bond donors (Lipinski definition) is 2. The van der Waals surface area contributed by atoms with Gasteiger partial charge in [-0.05, 0) is 32.2 Å². The summed E-state index contributed by atoms with van der Waals surface area (Å²) >= 11 is 0. The van der Waals surface area contributed by atoms with Crippen LogP contribution in [-0.4, -0.2) is 25.0 Å². The molecule has 0 saturated carbocycles. The van der Waals surface area contributed by atoms with Crippen LogP contribution in [0.1, 0.15) is 41.0 Å². The summed E-state index contributed by atoms with van der Waals surface area (Å²) in [5.74, 6) is 0.0846. The van der Waals surface area contributed by atoms with Gasteiger partial charge in [0.15, 0.2) is 0 Å². The molecule has 0 aromatic heterocycles. The van der Waals surface area contributed by atoms with Crippen LogP contribution in [0.25, 0.3) is 0 Å². The summed E-state index contributed by atoms with van der Waals surface area (Å²) in [6, 6.07) is -0.0858. The van der Waals surface area contributed by atoms with Gasteiger partial charge < -0.3 is 10.6 Å². The topological polar surface area (TPSA) is 41.1 Å². The van der Waals surface area contributed by atoms with Crippen LogP contribution in [0.5, 0.6) is 0 Å². The third-order valence-corrected chi connectivity index (χ3v) is 2.07. The van der Waals surface area contributed by atoms with Crippen molar-refractivity contribution < 1.29 is 4.79 Å². The molecular weight excluding hydrogens is 176 g/mol. The fourth-order valence-corrected chi connectivity index (χ4v) is 1.08. The minimum Gasteiger partial charge on any atom is -0.355 e. The van der Waals surface area contributed by atoms with Crippen molar-refractivity contribution in [2.75, 3.05) is 13.1 Å². The van der Waals surface area contributed by atoms with E-state index < -0.39 is 0 Å². The quantitative estimate of drug-likeness (QED) is 0.707. The molecule has 2 N–H and O–H groups in total. The van der Waals surface area contributed by atoms with Crippen molar-refractivity contribution in [2.45, 2.75) is 47.1 Å². The van der Waals surface area contributed by atoms with Crippen molar-refractivity contribution in [3.63, 3.8) is 0 Å². The van der Waals surface area contributed by atoms with Crippen molar-refractivity contribution >= 4 is 5.91 Å². The second-order valence-corrected chi connectivity index (χ2v) is 4.88. The highest BCUT2D eigenvalue weighted by Crippen LogP contribution is 2.16. The average Bonchev–Trinajstić information content (AvgIpc) is 2.02. The fourth-order valence-electron chi connectivity index (χ4n) is 1.08. The zero-order chi connectivity index (χ0) is 11.2. The molecule has 0 bridgehead atoms. The van der Waals surface area contributed by atoms with E-state index >= 15 is 0 Å². The maximum atomic E-state index is 11.3. The molecule has 0 aromatic carbocycles. The Morgan fingerprint density at radius 1 is 1.36 bits per heavy atom. The summed E-state index contributed by atoms with van der Waals surface area (Å²) in [4.78, 5) is 11.3. The van der Waals surface area contributed by atoms with Gasteiger partial charge in [0.05, 0.1) is 6.04 Å². The average molecular weight is 200 g/mol. The Labute approximate surface area is 87.6 Å². The fraction of sp³-hybridized carbons (Fsp3) is 0.909. The Morgan fingerprint density at radius 2 is 1.93 bits per heavy atom. The lowest BCUT2D eigenvalue weighted by molar-refractivity contribution is -0.122. The number of carbonyl (C=O) groups excluding carboxylic acids is 1. The molecule has 0 heterocycles. The van der Waals surface area contributed by atoms with Gasteiger partial charge in [0.25, 0.3) is 0 Å². The number of hydrogen-bond acceptors (Lipinski definition) is 2. The predicted octanol–water partition coefficient (Wildman–Crippen LogP) is 1.54. The van der Waals surface area contributed by atoms with Crippen LogP contribution in [0, 0.1) is 5.41 Å². The van der Waals surface area contributed by atoms with Crippen LogP contribution < -0.4 is 10.6 Å². The molecule has 1 atom stereocenters. The summed E-state index contributed by atoms with van der Waals surface area (Å²) in [5.41, 5.74) is 0.327. The van der Waals surface area contributed by atoms with Crippen LogP contribution in [0.4, 0.5) is 0 Å². The largest absolute Gasteiger partial charge is 0.355 e. The van der Waals surface area contributed by atoms with Crippen LogP contribution >= 0.6 is 0 Å². The highest BCUT2D eigenvalue weighted by atomic mass is 16.2. The second-order valence-electron chi connectivity index (χ2n) is 4.88. The molecule has 3 nitrogen and oxygen atoms in total. The molecule has 0 aliphatic rings. The van der Waals surface area contributed by atoms with Crippen molar-refractivity contribution in [1.82, 2.24) is 10.6 Å². The van der Waals surface area contributed by atoms with Crippen LogP contribution in [0.2, 0.25) is 0 Å². The standard InChI is InChI=1S/C11H24N2O/c1-6-12-10(14)9(2)13-8-7-11(3,4)5/h9,13H,6-8H2,1-5H3,(H,12,14). The van der Waals surface area contributed by atoms with Gasteiger partial charge in [-0.3, -0.25) is 4.79 Å². The minimum absolute atomic E-state index is 0.0846. The van der Waals surface area contributed by atoms with Crippen molar-refractivity contribution in [3.05, 3.63) is 0 Å². The predicted molar refractivity (Wildman–Crippen MR) is 60.2 cm³/mol. The van der Waals surface area contributed by atoms with E-state index in [1.807, 2.05) is 13.8 Å². The Morgan fingerprint density at radius 3 is 2.36 bits per heavy atom. The Kier molecular flexibility index (Phi) is 5.77. The van der Waals surface area contributed by atoms with Gasteiger partial charge in [-0.25, -0.2) is 0 Å². The Bertz CT molecular complexity index is 173. The first-order chi connectivity index (χ1) is 6.37. The maximum absolute atomic E-state index is 11.3. The first kappa shape index (κ1) is 13.4. The molecule has 3 heteroatoms. The van der Waals surface area contributed by atoms with Gasteiger partial charge in [-0.2, -0.15) is 0 Å². The zero-order valence-electron chi connectivity index (χ0n) is 10.1. The van der Waals surface area contributed by atoms with Gasteiger partial charge >= 0.3 is 0 Å². The van der Waals surface area contributed by atoms with E-state index in [4.69, 9.17) is 0 Å². The van der Waals surface area contributed by atoms with E-state index in [-0.39, 0.29) is 11.9 Å². The summed E-state index contributed by atoms with van der Waals surface area (Å²) in [6.07, 6.45) is 1.08. The molecule has 0 aromatic rings. The van der Waals surface area contributed by atoms with Gasteiger partial charge in [-0.15, -0.1) is 0 Å². The first-order valence-electron chi connectivity index (χ1n) is 5.38. The lowest BCUT2D eigenvalue weighted by Gasteiger charge is -2.20. The normalized spacial score (nSPS) is 13.8. The van der Waals surface area contributed by atoms with Crippen molar-refractivity contribution in [1.29, 1.82) is 0 Å². The molecule has 14 heavy (non-hydrogen) atoms. The summed E-state index contributed by atoms with van der Waals surface area (Å²) < 4.78 is 0. The molecule has 0 rings (SSSR count). The third-order valence-electron chi connectivity index (χ3n) is 2.07. The summed E-state index contributed by atoms with van der Waals surface area (Å²) in [7, 11) is 0. The molecule has 0 spiro atoms. The highest BCUT2D eigenvalue weighted by Gasteiger charge is 2.13. The SMILES string of the molecule is CCNC(=O)C(C)NCCC(C)(C)C. The Balaban J connectivity index is 3.63. The molecule has 84 valence electrons. The highest BCUT2D eigenvalue weighted by molar-refractivity contribution is 5.81. The third kappa shape index (κ3) is 6.89. The molecule has 0 radical (unpaired) electrons. The molecule has 0 aliphatic heterocycles. The molecular formula is C11H24N2O. The van der Waals surface area contributed by atoms with Gasteiger partial charge in [0.1, 0.15) is 0 Å². The van der Waals surface area contributed by atoms with Gasteiger partial charge in [0.2, 0.25) is 5.91 Å². The lowest BCUT2D eigenvalue weighted by atomic mass is 9.92. The summed E-state index contributed by atoms with van der Waals surface area (Å²) in [6.45, 7) is 12.0.